The summed E-state index contributed by atoms with van der Waals surface area (Å²) in [7, 11) is 0. The van der Waals surface area contributed by atoms with Crippen molar-refractivity contribution in [3.63, 3.8) is 0 Å². The Morgan fingerprint density at radius 1 is 1.32 bits per heavy atom. The van der Waals surface area contributed by atoms with E-state index in [4.69, 9.17) is 0 Å². The van der Waals surface area contributed by atoms with Crippen LogP contribution in [0, 0.1) is 0 Å². The Morgan fingerprint density at radius 3 is 2.47 bits per heavy atom. The third-order valence-corrected chi connectivity index (χ3v) is 3.14. The predicted octanol–water partition coefficient (Wildman–Crippen LogP) is 0.931. The van der Waals surface area contributed by atoms with E-state index in [1.165, 1.54) is 0 Å². The molecular weight excluding hydrogens is 261 g/mol. The summed E-state index contributed by atoms with van der Waals surface area (Å²) in [5, 5.41) is 0. The van der Waals surface area contributed by atoms with E-state index in [-0.39, 0.29) is 5.95 Å². The number of aromatic nitrogens is 2. The van der Waals surface area contributed by atoms with Crippen molar-refractivity contribution in [1.29, 1.82) is 0 Å². The topological polar surface area (TPSA) is 52.2 Å². The maximum Gasteiger partial charge on any atom is 0.433 e. The number of piperazine rings is 1. The van der Waals surface area contributed by atoms with Gasteiger partial charge in [0.15, 0.2) is 5.69 Å². The van der Waals surface area contributed by atoms with Crippen LogP contribution in [0.5, 0.6) is 0 Å². The molecule has 19 heavy (non-hydrogen) atoms. The van der Waals surface area contributed by atoms with E-state index in [0.717, 1.165) is 19.6 Å². The minimum atomic E-state index is -4.60. The van der Waals surface area contributed by atoms with E-state index in [1.807, 2.05) is 6.92 Å². The summed E-state index contributed by atoms with van der Waals surface area (Å²) in [6, 6.07) is 0.478. The molecule has 0 aromatic carbocycles. The average molecular weight is 276 g/mol. The van der Waals surface area contributed by atoms with Crippen molar-refractivity contribution in [2.24, 2.45) is 0 Å². The number of hydrogen-bond acceptors (Lipinski definition) is 4. The smallest absolute Gasteiger partial charge is 0.340 e. The van der Waals surface area contributed by atoms with Gasteiger partial charge in [0.05, 0.1) is 0 Å². The zero-order valence-electron chi connectivity index (χ0n) is 10.5. The lowest BCUT2D eigenvalue weighted by Gasteiger charge is -2.34. The van der Waals surface area contributed by atoms with Crippen LogP contribution in [0.2, 0.25) is 0 Å². The van der Waals surface area contributed by atoms with Gasteiger partial charge in [-0.15, -0.1) is 0 Å². The highest BCUT2D eigenvalue weighted by atomic mass is 19.4. The van der Waals surface area contributed by atoms with Gasteiger partial charge in [-0.2, -0.15) is 13.2 Å². The molecule has 0 saturated carbocycles. The fraction of sp³-hybridized carbons (Fsp3) is 0.636. The van der Waals surface area contributed by atoms with Gasteiger partial charge >= 0.3 is 6.18 Å². The van der Waals surface area contributed by atoms with Crippen molar-refractivity contribution in [2.75, 3.05) is 37.6 Å². The summed E-state index contributed by atoms with van der Waals surface area (Å²) >= 11 is 0. The molecule has 106 valence electrons. The van der Waals surface area contributed by atoms with Gasteiger partial charge in [-0.3, -0.25) is 9.78 Å². The van der Waals surface area contributed by atoms with Crippen LogP contribution >= 0.6 is 0 Å². The number of aromatic amines is 1. The summed E-state index contributed by atoms with van der Waals surface area (Å²) in [5.74, 6) is -0.00409. The molecule has 1 N–H and O–H groups in total. The van der Waals surface area contributed by atoms with Gasteiger partial charge in [0.25, 0.3) is 5.56 Å². The summed E-state index contributed by atoms with van der Waals surface area (Å²) in [4.78, 5) is 21.0. The molecule has 1 saturated heterocycles. The lowest BCUT2D eigenvalue weighted by Crippen LogP contribution is -2.47. The molecule has 1 fully saturated rings. The number of hydrogen-bond donors (Lipinski definition) is 1. The number of alkyl halides is 3. The van der Waals surface area contributed by atoms with E-state index in [1.54, 1.807) is 4.90 Å². The fourth-order valence-corrected chi connectivity index (χ4v) is 2.02. The molecule has 1 aliphatic rings. The van der Waals surface area contributed by atoms with E-state index >= 15 is 0 Å². The minimum absolute atomic E-state index is 0.00409. The molecule has 1 aliphatic heterocycles. The zero-order chi connectivity index (χ0) is 14.0. The first-order chi connectivity index (χ1) is 8.90. The van der Waals surface area contributed by atoms with E-state index in [9.17, 15) is 18.0 Å². The standard InChI is InChI=1S/C11H15F3N4O/c1-2-17-3-5-18(6-4-17)10-15-8(11(12,13)14)7-9(19)16-10/h7H,2-6H2,1H3,(H,15,16,19). The first kappa shape index (κ1) is 13.9. The molecule has 0 atom stereocenters. The Hall–Kier alpha value is -1.57. The highest BCUT2D eigenvalue weighted by molar-refractivity contribution is 5.31. The maximum atomic E-state index is 12.6. The number of H-pyrrole nitrogens is 1. The van der Waals surface area contributed by atoms with Crippen LogP contribution in [-0.2, 0) is 6.18 Å². The van der Waals surface area contributed by atoms with Crippen molar-refractivity contribution in [3.05, 3.63) is 22.1 Å². The van der Waals surface area contributed by atoms with Gasteiger partial charge in [0.1, 0.15) is 0 Å². The van der Waals surface area contributed by atoms with E-state index in [0.29, 0.717) is 19.2 Å². The lowest BCUT2D eigenvalue weighted by atomic mass is 10.3. The van der Waals surface area contributed by atoms with Crippen LogP contribution in [0.3, 0.4) is 0 Å². The summed E-state index contributed by atoms with van der Waals surface area (Å²) in [6.07, 6.45) is -4.60. The van der Waals surface area contributed by atoms with E-state index < -0.39 is 17.4 Å². The van der Waals surface area contributed by atoms with Crippen LogP contribution in [0.25, 0.3) is 0 Å². The van der Waals surface area contributed by atoms with Crippen LogP contribution in [0.1, 0.15) is 12.6 Å². The second-order valence-electron chi connectivity index (χ2n) is 4.37. The Kier molecular flexibility index (Phi) is 3.79. The molecule has 2 heterocycles. The number of anilines is 1. The van der Waals surface area contributed by atoms with Gasteiger partial charge in [-0.25, -0.2) is 4.98 Å². The molecule has 2 rings (SSSR count). The molecular formula is C11H15F3N4O. The second kappa shape index (κ2) is 5.20. The number of likely N-dealkylation sites (N-methyl/N-ethyl adjacent to an activating group) is 1. The SMILES string of the molecule is CCN1CCN(c2nc(C(F)(F)F)cc(=O)[nH]2)CC1. The fourth-order valence-electron chi connectivity index (χ4n) is 2.02. The molecule has 0 unspecified atom stereocenters. The van der Waals surface area contributed by atoms with Crippen molar-refractivity contribution in [2.45, 2.75) is 13.1 Å². The molecule has 1 aromatic rings. The summed E-state index contributed by atoms with van der Waals surface area (Å²) < 4.78 is 37.8. The predicted molar refractivity (Wildman–Crippen MR) is 64.2 cm³/mol. The summed E-state index contributed by atoms with van der Waals surface area (Å²) in [5.41, 5.74) is -1.93. The second-order valence-corrected chi connectivity index (χ2v) is 4.37. The molecule has 0 radical (unpaired) electrons. The Labute approximate surface area is 108 Å². The van der Waals surface area contributed by atoms with Gasteiger partial charge < -0.3 is 9.80 Å². The lowest BCUT2D eigenvalue weighted by molar-refractivity contribution is -0.141. The van der Waals surface area contributed by atoms with Gasteiger partial charge in [-0.05, 0) is 6.54 Å². The highest BCUT2D eigenvalue weighted by Gasteiger charge is 2.34. The molecule has 0 amide bonds. The van der Waals surface area contributed by atoms with Gasteiger partial charge in [-0.1, -0.05) is 6.92 Å². The number of rotatable bonds is 2. The van der Waals surface area contributed by atoms with Gasteiger partial charge in [0.2, 0.25) is 5.95 Å². The van der Waals surface area contributed by atoms with Crippen LogP contribution in [-0.4, -0.2) is 47.6 Å². The molecule has 1 aromatic heterocycles. The molecule has 0 aliphatic carbocycles. The van der Waals surface area contributed by atoms with Crippen molar-refractivity contribution in [1.82, 2.24) is 14.9 Å². The van der Waals surface area contributed by atoms with Crippen molar-refractivity contribution >= 4 is 5.95 Å². The van der Waals surface area contributed by atoms with Crippen LogP contribution < -0.4 is 10.5 Å². The Morgan fingerprint density at radius 2 is 1.95 bits per heavy atom. The Bertz CT molecular complexity index is 491. The third-order valence-electron chi connectivity index (χ3n) is 3.14. The molecule has 8 heteroatoms. The molecule has 0 spiro atoms. The monoisotopic (exact) mass is 276 g/mol. The zero-order valence-corrected chi connectivity index (χ0v) is 10.5. The van der Waals surface area contributed by atoms with Crippen molar-refractivity contribution < 1.29 is 13.2 Å². The first-order valence-electron chi connectivity index (χ1n) is 6.06. The Balaban J connectivity index is 2.21. The largest absolute Gasteiger partial charge is 0.433 e. The van der Waals surface area contributed by atoms with Crippen LogP contribution in [0.15, 0.2) is 10.9 Å². The normalized spacial score (nSPS) is 17.8. The average Bonchev–Trinajstić information content (AvgIpc) is 2.37. The quantitative estimate of drug-likeness (QED) is 0.873. The van der Waals surface area contributed by atoms with E-state index in [2.05, 4.69) is 14.9 Å². The number of nitrogens with one attached hydrogen (secondary N) is 1. The number of halogens is 3. The summed E-state index contributed by atoms with van der Waals surface area (Å²) in [6.45, 7) is 5.53. The first-order valence-corrected chi connectivity index (χ1v) is 6.06. The number of nitrogens with zero attached hydrogens (tertiary/aromatic N) is 3. The molecule has 0 bridgehead atoms. The third kappa shape index (κ3) is 3.25. The molecule has 5 nitrogen and oxygen atoms in total. The van der Waals surface area contributed by atoms with Crippen molar-refractivity contribution in [3.8, 4) is 0 Å². The minimum Gasteiger partial charge on any atom is -0.340 e. The van der Waals surface area contributed by atoms with Gasteiger partial charge in [0, 0.05) is 32.2 Å². The maximum absolute atomic E-state index is 12.6. The highest BCUT2D eigenvalue weighted by Crippen LogP contribution is 2.27. The van der Waals surface area contributed by atoms with Crippen LogP contribution in [0.4, 0.5) is 19.1 Å².